The highest BCUT2D eigenvalue weighted by molar-refractivity contribution is 7.99. The molecule has 5 nitrogen and oxygen atoms in total. The van der Waals surface area contributed by atoms with Gasteiger partial charge in [0.05, 0.1) is 11.0 Å². The Morgan fingerprint density at radius 3 is 2.50 bits per heavy atom. The van der Waals surface area contributed by atoms with Crippen molar-refractivity contribution in [3.63, 3.8) is 0 Å². The van der Waals surface area contributed by atoms with Gasteiger partial charge in [-0.2, -0.15) is 0 Å². The van der Waals surface area contributed by atoms with E-state index in [0.29, 0.717) is 11.3 Å². The highest BCUT2D eigenvalue weighted by atomic mass is 32.2. The number of aromatic nitrogens is 2. The van der Waals surface area contributed by atoms with Gasteiger partial charge < -0.3 is 9.67 Å². The fourth-order valence-electron chi connectivity index (χ4n) is 1.68. The van der Waals surface area contributed by atoms with Crippen LogP contribution in [0, 0.1) is 0 Å². The molecule has 2 rings (SSSR count). The minimum Gasteiger partial charge on any atom is -0.388 e. The largest absolute Gasteiger partial charge is 0.388 e. The van der Waals surface area contributed by atoms with Gasteiger partial charge in [0, 0.05) is 31.4 Å². The van der Waals surface area contributed by atoms with Crippen LogP contribution in [0.1, 0.15) is 11.7 Å². The van der Waals surface area contributed by atoms with Gasteiger partial charge in [-0.15, -0.1) is 0 Å². The quantitative estimate of drug-likeness (QED) is 0.850. The first-order valence-electron chi connectivity index (χ1n) is 5.96. The first kappa shape index (κ1) is 15.1. The van der Waals surface area contributed by atoms with E-state index < -0.39 is 15.9 Å². The summed E-state index contributed by atoms with van der Waals surface area (Å²) >= 11 is 1.45. The molecule has 1 heterocycles. The number of thioether (sulfide) groups is 1. The maximum absolute atomic E-state index is 11.4. The van der Waals surface area contributed by atoms with Crippen molar-refractivity contribution in [1.29, 1.82) is 0 Å². The number of hydrogen-bond acceptors (Lipinski definition) is 5. The first-order chi connectivity index (χ1) is 9.38. The molecule has 20 heavy (non-hydrogen) atoms. The summed E-state index contributed by atoms with van der Waals surface area (Å²) in [5.74, 6) is 0.461. The molecule has 7 heteroatoms. The van der Waals surface area contributed by atoms with Crippen LogP contribution in [-0.2, 0) is 16.9 Å². The van der Waals surface area contributed by atoms with E-state index in [1.165, 1.54) is 23.9 Å². The maximum Gasteiger partial charge on any atom is 0.175 e. The molecular formula is C13H16N2O3S2. The molecule has 0 spiro atoms. The van der Waals surface area contributed by atoms with Gasteiger partial charge in [0.25, 0.3) is 0 Å². The molecular weight excluding hydrogens is 296 g/mol. The van der Waals surface area contributed by atoms with Crippen LogP contribution >= 0.6 is 11.8 Å². The average molecular weight is 312 g/mol. The van der Waals surface area contributed by atoms with Crippen molar-refractivity contribution in [2.45, 2.75) is 16.2 Å². The topological polar surface area (TPSA) is 72.2 Å². The second-order valence-electron chi connectivity index (χ2n) is 4.49. The fraction of sp³-hybridized carbons (Fsp3) is 0.308. The van der Waals surface area contributed by atoms with Crippen LogP contribution in [0.25, 0.3) is 0 Å². The smallest absolute Gasteiger partial charge is 0.175 e. The van der Waals surface area contributed by atoms with Crippen LogP contribution in [-0.4, -0.2) is 35.1 Å². The molecule has 0 saturated heterocycles. The molecule has 1 N–H and O–H groups in total. The monoisotopic (exact) mass is 312 g/mol. The third-order valence-electron chi connectivity index (χ3n) is 2.84. The zero-order valence-electron chi connectivity index (χ0n) is 11.2. The van der Waals surface area contributed by atoms with Crippen LogP contribution in [0.4, 0.5) is 0 Å². The number of nitrogens with zero attached hydrogens (tertiary/aromatic N) is 2. The lowest BCUT2D eigenvalue weighted by Crippen LogP contribution is -2.03. The number of aliphatic hydroxyl groups is 1. The Hall–Kier alpha value is -1.31. The van der Waals surface area contributed by atoms with Crippen molar-refractivity contribution in [3.05, 3.63) is 42.2 Å². The number of aliphatic hydroxyl groups excluding tert-OH is 1. The van der Waals surface area contributed by atoms with Crippen LogP contribution in [0.3, 0.4) is 0 Å². The van der Waals surface area contributed by atoms with Gasteiger partial charge in [0.15, 0.2) is 15.0 Å². The zero-order valence-corrected chi connectivity index (χ0v) is 12.9. The van der Waals surface area contributed by atoms with Crippen LogP contribution in [0.15, 0.2) is 46.7 Å². The standard InChI is InChI=1S/C13H16N2O3S2/c1-15-8-7-14-13(15)19-9-12(16)10-3-5-11(6-4-10)20(2,17)18/h3-8,12,16H,9H2,1-2H3/t12-/m1/s1. The van der Waals surface area contributed by atoms with Crippen molar-refractivity contribution in [2.24, 2.45) is 7.05 Å². The van der Waals surface area contributed by atoms with Gasteiger partial charge in [-0.1, -0.05) is 23.9 Å². The molecule has 2 aromatic rings. The normalized spacial score (nSPS) is 13.3. The Labute approximate surface area is 122 Å². The molecule has 0 bridgehead atoms. The number of hydrogen-bond donors (Lipinski definition) is 1. The molecule has 0 unspecified atom stereocenters. The Bertz CT molecular complexity index is 678. The molecule has 0 fully saturated rings. The highest BCUT2D eigenvalue weighted by Gasteiger charge is 2.12. The second kappa shape index (κ2) is 5.99. The molecule has 0 amide bonds. The average Bonchev–Trinajstić information content (AvgIpc) is 2.81. The number of imidazole rings is 1. The summed E-state index contributed by atoms with van der Waals surface area (Å²) in [6, 6.07) is 6.30. The summed E-state index contributed by atoms with van der Waals surface area (Å²) in [5, 5.41) is 10.9. The summed E-state index contributed by atoms with van der Waals surface area (Å²) in [6.07, 6.45) is 4.05. The molecule has 0 aliphatic carbocycles. The van der Waals surface area contributed by atoms with E-state index in [0.717, 1.165) is 11.4 Å². The molecule has 108 valence electrons. The van der Waals surface area contributed by atoms with Crippen molar-refractivity contribution >= 4 is 21.6 Å². The number of aryl methyl sites for hydroxylation is 1. The Morgan fingerprint density at radius 1 is 1.35 bits per heavy atom. The molecule has 1 atom stereocenters. The van der Waals surface area contributed by atoms with E-state index in [9.17, 15) is 13.5 Å². The molecule has 0 aliphatic rings. The minimum absolute atomic E-state index is 0.255. The van der Waals surface area contributed by atoms with Crippen molar-refractivity contribution < 1.29 is 13.5 Å². The van der Waals surface area contributed by atoms with Gasteiger partial charge in [-0.3, -0.25) is 0 Å². The fourth-order valence-corrected chi connectivity index (χ4v) is 3.21. The SMILES string of the molecule is Cn1ccnc1SC[C@@H](O)c1ccc(S(C)(=O)=O)cc1. The van der Waals surface area contributed by atoms with E-state index in [1.54, 1.807) is 18.3 Å². The van der Waals surface area contributed by atoms with Crippen molar-refractivity contribution in [2.75, 3.05) is 12.0 Å². The molecule has 1 aromatic heterocycles. The zero-order chi connectivity index (χ0) is 14.8. The number of sulfone groups is 1. The first-order valence-corrected chi connectivity index (χ1v) is 8.84. The summed E-state index contributed by atoms with van der Waals surface area (Å²) in [5.41, 5.74) is 0.694. The molecule has 1 aromatic carbocycles. The van der Waals surface area contributed by atoms with E-state index in [1.807, 2.05) is 17.8 Å². The van der Waals surface area contributed by atoms with E-state index in [4.69, 9.17) is 0 Å². The van der Waals surface area contributed by atoms with Crippen molar-refractivity contribution in [3.8, 4) is 0 Å². The summed E-state index contributed by atoms with van der Waals surface area (Å²) < 4.78 is 24.6. The van der Waals surface area contributed by atoms with E-state index >= 15 is 0 Å². The Morgan fingerprint density at radius 2 is 2.00 bits per heavy atom. The van der Waals surface area contributed by atoms with E-state index in [2.05, 4.69) is 4.98 Å². The van der Waals surface area contributed by atoms with Gasteiger partial charge >= 0.3 is 0 Å². The lowest BCUT2D eigenvalue weighted by molar-refractivity contribution is 0.204. The van der Waals surface area contributed by atoms with Crippen molar-refractivity contribution in [1.82, 2.24) is 9.55 Å². The third kappa shape index (κ3) is 3.62. The van der Waals surface area contributed by atoms with Gasteiger partial charge in [0.1, 0.15) is 0 Å². The molecule has 0 aliphatic heterocycles. The maximum atomic E-state index is 11.4. The predicted octanol–water partition coefficient (Wildman–Crippen LogP) is 1.65. The van der Waals surface area contributed by atoms with Gasteiger partial charge in [0.2, 0.25) is 0 Å². The van der Waals surface area contributed by atoms with Crippen LogP contribution in [0.2, 0.25) is 0 Å². The summed E-state index contributed by atoms with van der Waals surface area (Å²) in [6.45, 7) is 0. The number of rotatable bonds is 5. The second-order valence-corrected chi connectivity index (χ2v) is 7.49. The third-order valence-corrected chi connectivity index (χ3v) is 5.10. The van der Waals surface area contributed by atoms with Crippen LogP contribution in [0.5, 0.6) is 0 Å². The number of benzene rings is 1. The van der Waals surface area contributed by atoms with Gasteiger partial charge in [-0.25, -0.2) is 13.4 Å². The van der Waals surface area contributed by atoms with Gasteiger partial charge in [-0.05, 0) is 17.7 Å². The minimum atomic E-state index is -3.20. The van der Waals surface area contributed by atoms with Crippen LogP contribution < -0.4 is 0 Å². The summed E-state index contributed by atoms with van der Waals surface area (Å²) in [4.78, 5) is 4.42. The molecule has 0 radical (unpaired) electrons. The summed E-state index contributed by atoms with van der Waals surface area (Å²) in [7, 11) is -1.31. The Balaban J connectivity index is 2.03. The predicted molar refractivity (Wildman–Crippen MR) is 78.4 cm³/mol. The lowest BCUT2D eigenvalue weighted by atomic mass is 10.1. The highest BCUT2D eigenvalue weighted by Crippen LogP contribution is 2.24. The van der Waals surface area contributed by atoms with E-state index in [-0.39, 0.29) is 4.90 Å². The molecule has 0 saturated carbocycles. The Kier molecular flexibility index (Phi) is 4.52. The lowest BCUT2D eigenvalue weighted by Gasteiger charge is -2.11.